The zero-order valence-electron chi connectivity index (χ0n) is 12.4. The number of aliphatic hydroxyl groups is 1. The number of nitrogens with one attached hydrogen (secondary N) is 1. The lowest BCUT2D eigenvalue weighted by molar-refractivity contribution is 0.117. The first-order chi connectivity index (χ1) is 10.6. The van der Waals surface area contributed by atoms with Crippen molar-refractivity contribution in [1.82, 2.24) is 9.88 Å². The molecule has 1 aliphatic rings. The molecule has 0 saturated heterocycles. The van der Waals surface area contributed by atoms with Gasteiger partial charge in [0, 0.05) is 36.4 Å². The van der Waals surface area contributed by atoms with Gasteiger partial charge < -0.3 is 15.3 Å². The Balaban J connectivity index is 1.62. The molecule has 2 aromatic rings. The second-order valence-electron chi connectivity index (χ2n) is 5.63. The van der Waals surface area contributed by atoms with Crippen LogP contribution in [-0.4, -0.2) is 40.7 Å². The quantitative estimate of drug-likeness (QED) is 0.891. The van der Waals surface area contributed by atoms with Crippen LogP contribution in [0, 0.1) is 5.92 Å². The lowest BCUT2D eigenvalue weighted by Crippen LogP contribution is -2.38. The van der Waals surface area contributed by atoms with Crippen LogP contribution in [0.3, 0.4) is 0 Å². The van der Waals surface area contributed by atoms with Gasteiger partial charge in [0.25, 0.3) is 0 Å². The van der Waals surface area contributed by atoms with Gasteiger partial charge in [-0.1, -0.05) is 12.1 Å². The third kappa shape index (κ3) is 3.64. The first kappa shape index (κ1) is 15.0. The Bertz CT molecular complexity index is 641. The number of anilines is 1. The van der Waals surface area contributed by atoms with Crippen LogP contribution in [0.1, 0.15) is 12.8 Å². The molecule has 2 amide bonds. The topological polar surface area (TPSA) is 65.5 Å². The zero-order valence-corrected chi connectivity index (χ0v) is 13.2. The predicted octanol–water partition coefficient (Wildman–Crippen LogP) is 3.04. The fraction of sp³-hybridized carbons (Fsp3) is 0.375. The molecular formula is C16H19N3O2S. The smallest absolute Gasteiger partial charge is 0.321 e. The summed E-state index contributed by atoms with van der Waals surface area (Å²) in [5.74, 6) is 0.364. The SMILES string of the molecule is CN(CC(O)C1CC1)C(=O)Nc1cccc(-c2nccs2)c1. The Morgan fingerprint density at radius 3 is 3.05 bits per heavy atom. The maximum Gasteiger partial charge on any atom is 0.321 e. The van der Waals surface area contributed by atoms with Gasteiger partial charge in [0.15, 0.2) is 0 Å². The summed E-state index contributed by atoms with van der Waals surface area (Å²) in [6.07, 6.45) is 3.47. The number of rotatable bonds is 5. The third-order valence-corrected chi connectivity index (χ3v) is 4.59. The standard InChI is InChI=1S/C16H19N3O2S/c1-19(10-14(20)11-5-6-11)16(21)18-13-4-2-3-12(9-13)15-17-7-8-22-15/h2-4,7-9,11,14,20H,5-6,10H2,1H3,(H,18,21). The number of aromatic nitrogens is 1. The van der Waals surface area contributed by atoms with Crippen LogP contribution in [0.4, 0.5) is 10.5 Å². The summed E-state index contributed by atoms with van der Waals surface area (Å²) in [6.45, 7) is 0.364. The monoisotopic (exact) mass is 317 g/mol. The molecule has 1 aliphatic carbocycles. The minimum Gasteiger partial charge on any atom is -0.391 e. The molecule has 6 heteroatoms. The van der Waals surface area contributed by atoms with Crippen LogP contribution in [0.25, 0.3) is 10.6 Å². The molecule has 1 aromatic heterocycles. The van der Waals surface area contributed by atoms with Gasteiger partial charge in [-0.15, -0.1) is 11.3 Å². The molecule has 0 aliphatic heterocycles. The number of carbonyl (C=O) groups is 1. The van der Waals surface area contributed by atoms with E-state index in [-0.39, 0.29) is 6.03 Å². The Morgan fingerprint density at radius 1 is 1.55 bits per heavy atom. The molecule has 1 unspecified atom stereocenters. The van der Waals surface area contributed by atoms with Gasteiger partial charge in [-0.05, 0) is 30.9 Å². The van der Waals surface area contributed by atoms with Crippen molar-refractivity contribution in [3.63, 3.8) is 0 Å². The number of nitrogens with zero attached hydrogens (tertiary/aromatic N) is 2. The minimum atomic E-state index is -0.419. The van der Waals surface area contributed by atoms with Gasteiger partial charge in [0.1, 0.15) is 5.01 Å². The minimum absolute atomic E-state index is 0.212. The average Bonchev–Trinajstić information content (AvgIpc) is 3.22. The third-order valence-electron chi connectivity index (χ3n) is 3.77. The summed E-state index contributed by atoms with van der Waals surface area (Å²) in [5, 5.41) is 15.6. The highest BCUT2D eigenvalue weighted by Gasteiger charge is 2.31. The normalized spacial score (nSPS) is 15.4. The number of hydrogen-bond acceptors (Lipinski definition) is 4. The van der Waals surface area contributed by atoms with Crippen LogP contribution < -0.4 is 5.32 Å². The number of aliphatic hydroxyl groups excluding tert-OH is 1. The van der Waals surface area contributed by atoms with Crippen LogP contribution in [0.15, 0.2) is 35.8 Å². The van der Waals surface area contributed by atoms with Gasteiger partial charge in [-0.25, -0.2) is 9.78 Å². The lowest BCUT2D eigenvalue weighted by Gasteiger charge is -2.21. The van der Waals surface area contributed by atoms with Crippen molar-refractivity contribution in [2.45, 2.75) is 18.9 Å². The highest BCUT2D eigenvalue weighted by molar-refractivity contribution is 7.13. The zero-order chi connectivity index (χ0) is 15.5. The van der Waals surface area contributed by atoms with E-state index in [1.54, 1.807) is 24.6 Å². The first-order valence-electron chi connectivity index (χ1n) is 7.33. The van der Waals surface area contributed by atoms with E-state index in [0.717, 1.165) is 29.1 Å². The number of hydrogen-bond donors (Lipinski definition) is 2. The molecule has 1 fully saturated rings. The summed E-state index contributed by atoms with van der Waals surface area (Å²) in [6, 6.07) is 7.40. The Kier molecular flexibility index (Phi) is 4.40. The van der Waals surface area contributed by atoms with Gasteiger partial charge in [0.2, 0.25) is 0 Å². The van der Waals surface area contributed by atoms with E-state index in [9.17, 15) is 9.90 Å². The van der Waals surface area contributed by atoms with E-state index in [0.29, 0.717) is 12.5 Å². The van der Waals surface area contributed by atoms with E-state index in [1.165, 1.54) is 4.90 Å². The molecule has 1 atom stereocenters. The Hall–Kier alpha value is -1.92. The predicted molar refractivity (Wildman–Crippen MR) is 87.9 cm³/mol. The summed E-state index contributed by atoms with van der Waals surface area (Å²) < 4.78 is 0. The van der Waals surface area contributed by atoms with E-state index in [2.05, 4.69) is 10.3 Å². The highest BCUT2D eigenvalue weighted by atomic mass is 32.1. The largest absolute Gasteiger partial charge is 0.391 e. The Labute approximate surface area is 133 Å². The second-order valence-corrected chi connectivity index (χ2v) is 6.53. The van der Waals surface area contributed by atoms with E-state index < -0.39 is 6.10 Å². The molecular weight excluding hydrogens is 298 g/mol. The number of thiazole rings is 1. The van der Waals surface area contributed by atoms with Crippen molar-refractivity contribution in [2.75, 3.05) is 18.9 Å². The summed E-state index contributed by atoms with van der Waals surface area (Å²) in [7, 11) is 1.70. The molecule has 1 heterocycles. The molecule has 3 rings (SSSR count). The van der Waals surface area contributed by atoms with Crippen molar-refractivity contribution in [3.8, 4) is 10.6 Å². The molecule has 0 radical (unpaired) electrons. The fourth-order valence-electron chi connectivity index (χ4n) is 2.31. The first-order valence-corrected chi connectivity index (χ1v) is 8.21. The van der Waals surface area contributed by atoms with Crippen molar-refractivity contribution in [3.05, 3.63) is 35.8 Å². The maximum absolute atomic E-state index is 12.2. The molecule has 22 heavy (non-hydrogen) atoms. The van der Waals surface area contributed by atoms with Crippen molar-refractivity contribution < 1.29 is 9.90 Å². The number of amides is 2. The molecule has 1 aromatic carbocycles. The number of likely N-dealkylation sites (N-methyl/N-ethyl adjacent to an activating group) is 1. The van der Waals surface area contributed by atoms with E-state index in [1.807, 2.05) is 29.6 Å². The molecule has 0 spiro atoms. The van der Waals surface area contributed by atoms with Gasteiger partial charge >= 0.3 is 6.03 Å². The lowest BCUT2D eigenvalue weighted by atomic mass is 10.2. The molecule has 0 bridgehead atoms. The molecule has 2 N–H and O–H groups in total. The number of carbonyl (C=O) groups excluding carboxylic acids is 1. The maximum atomic E-state index is 12.2. The van der Waals surface area contributed by atoms with E-state index >= 15 is 0 Å². The summed E-state index contributed by atoms with van der Waals surface area (Å²) in [4.78, 5) is 18.0. The highest BCUT2D eigenvalue weighted by Crippen LogP contribution is 2.32. The summed E-state index contributed by atoms with van der Waals surface area (Å²) >= 11 is 1.56. The molecule has 1 saturated carbocycles. The van der Waals surface area contributed by atoms with Gasteiger partial charge in [-0.3, -0.25) is 0 Å². The number of urea groups is 1. The van der Waals surface area contributed by atoms with Crippen molar-refractivity contribution in [1.29, 1.82) is 0 Å². The molecule has 5 nitrogen and oxygen atoms in total. The second kappa shape index (κ2) is 6.46. The van der Waals surface area contributed by atoms with Gasteiger partial charge in [-0.2, -0.15) is 0 Å². The van der Waals surface area contributed by atoms with Crippen LogP contribution >= 0.6 is 11.3 Å². The van der Waals surface area contributed by atoms with Crippen LogP contribution in [0.5, 0.6) is 0 Å². The van der Waals surface area contributed by atoms with Crippen LogP contribution in [-0.2, 0) is 0 Å². The van der Waals surface area contributed by atoms with Crippen molar-refractivity contribution >= 4 is 23.1 Å². The number of benzene rings is 1. The Morgan fingerprint density at radius 2 is 2.36 bits per heavy atom. The van der Waals surface area contributed by atoms with Crippen LogP contribution in [0.2, 0.25) is 0 Å². The summed E-state index contributed by atoms with van der Waals surface area (Å²) in [5.41, 5.74) is 1.71. The van der Waals surface area contributed by atoms with Gasteiger partial charge in [0.05, 0.1) is 6.10 Å². The fourth-order valence-corrected chi connectivity index (χ4v) is 2.94. The van der Waals surface area contributed by atoms with E-state index in [4.69, 9.17) is 0 Å². The van der Waals surface area contributed by atoms with Crippen molar-refractivity contribution in [2.24, 2.45) is 5.92 Å². The average molecular weight is 317 g/mol. The molecule has 116 valence electrons.